The van der Waals surface area contributed by atoms with Gasteiger partial charge in [0.25, 0.3) is 10.2 Å². The molecule has 2 aromatic rings. The fraction of sp³-hybridized carbons (Fsp3) is 0.333. The van der Waals surface area contributed by atoms with E-state index >= 15 is 0 Å². The van der Waals surface area contributed by atoms with Crippen LogP contribution in [0.1, 0.15) is 23.5 Å². The monoisotopic (exact) mass is 372 g/mol. The van der Waals surface area contributed by atoms with Crippen LogP contribution in [0.25, 0.3) is 0 Å². The Labute approximate surface area is 142 Å². The Hall–Kier alpha value is -1.68. The molecule has 7 nitrogen and oxygen atoms in total. The van der Waals surface area contributed by atoms with Gasteiger partial charge in [-0.05, 0) is 31.2 Å². The van der Waals surface area contributed by atoms with Crippen molar-refractivity contribution in [3.05, 3.63) is 54.0 Å². The molecular formula is C15H20N2O5S2. The van der Waals surface area contributed by atoms with Crippen LogP contribution in [0.15, 0.2) is 52.0 Å². The molecule has 0 saturated carbocycles. The molecule has 2 rings (SSSR count). The van der Waals surface area contributed by atoms with E-state index in [-0.39, 0.29) is 23.7 Å². The molecule has 0 aliphatic carbocycles. The van der Waals surface area contributed by atoms with Gasteiger partial charge in [-0.2, -0.15) is 8.42 Å². The fourth-order valence-corrected chi connectivity index (χ4v) is 4.72. The average molecular weight is 372 g/mol. The van der Waals surface area contributed by atoms with E-state index in [1.165, 1.54) is 24.5 Å². The zero-order valence-corrected chi connectivity index (χ0v) is 15.0. The quantitative estimate of drug-likeness (QED) is 0.731. The molecule has 0 amide bonds. The van der Waals surface area contributed by atoms with Crippen LogP contribution in [0.3, 0.4) is 0 Å². The molecule has 0 radical (unpaired) electrons. The van der Waals surface area contributed by atoms with Crippen LogP contribution in [0.2, 0.25) is 0 Å². The smallest absolute Gasteiger partial charge is 0.276 e. The molecule has 1 heterocycles. The lowest BCUT2D eigenvalue weighted by Crippen LogP contribution is -2.39. The molecule has 0 spiro atoms. The van der Waals surface area contributed by atoms with Gasteiger partial charge in [-0.15, -0.1) is 0 Å². The van der Waals surface area contributed by atoms with E-state index in [1.54, 1.807) is 25.1 Å². The van der Waals surface area contributed by atoms with E-state index in [1.807, 2.05) is 6.92 Å². The van der Waals surface area contributed by atoms with Gasteiger partial charge < -0.3 is 4.42 Å². The van der Waals surface area contributed by atoms with E-state index in [0.29, 0.717) is 0 Å². The second kappa shape index (κ2) is 7.47. The van der Waals surface area contributed by atoms with Gasteiger partial charge in [-0.3, -0.25) is 0 Å². The van der Waals surface area contributed by atoms with Gasteiger partial charge in [-0.25, -0.2) is 17.9 Å². The lowest BCUT2D eigenvalue weighted by Gasteiger charge is -2.17. The largest absolute Gasteiger partial charge is 0.468 e. The number of furan rings is 1. The molecule has 0 aliphatic rings. The summed E-state index contributed by atoms with van der Waals surface area (Å²) in [7, 11) is -7.60. The third-order valence-electron chi connectivity index (χ3n) is 3.38. The standard InChI is InChI=1S/C15H20N2O5S2/c1-3-16-24(20,21)17-11-15(14-5-4-10-22-14)23(18,19)13-8-6-12(2)7-9-13/h4-10,15-17H,3,11H2,1-2H3. The highest BCUT2D eigenvalue weighted by Crippen LogP contribution is 2.29. The van der Waals surface area contributed by atoms with Crippen molar-refractivity contribution in [3.8, 4) is 0 Å². The highest BCUT2D eigenvalue weighted by Gasteiger charge is 2.32. The maximum atomic E-state index is 12.9. The molecule has 0 bridgehead atoms. The summed E-state index contributed by atoms with van der Waals surface area (Å²) in [6.45, 7) is 3.35. The molecule has 24 heavy (non-hydrogen) atoms. The Kier molecular flexibility index (Phi) is 5.81. The van der Waals surface area contributed by atoms with Crippen LogP contribution in [-0.2, 0) is 20.0 Å². The van der Waals surface area contributed by atoms with Crippen molar-refractivity contribution < 1.29 is 21.3 Å². The molecular weight excluding hydrogens is 352 g/mol. The highest BCUT2D eigenvalue weighted by molar-refractivity contribution is 7.91. The lowest BCUT2D eigenvalue weighted by molar-refractivity contribution is 0.486. The minimum absolute atomic E-state index is 0.108. The predicted octanol–water partition coefficient (Wildman–Crippen LogP) is 1.55. The third-order valence-corrected chi connectivity index (χ3v) is 6.67. The lowest BCUT2D eigenvalue weighted by atomic mass is 10.2. The molecule has 0 saturated heterocycles. The number of nitrogens with one attached hydrogen (secondary N) is 2. The number of hydrogen-bond acceptors (Lipinski definition) is 5. The Morgan fingerprint density at radius 1 is 1.04 bits per heavy atom. The fourth-order valence-electron chi connectivity index (χ4n) is 2.16. The zero-order valence-electron chi connectivity index (χ0n) is 13.4. The van der Waals surface area contributed by atoms with Crippen molar-refractivity contribution >= 4 is 20.0 Å². The number of aryl methyl sites for hydroxylation is 1. The van der Waals surface area contributed by atoms with Crippen LogP contribution in [0.5, 0.6) is 0 Å². The Morgan fingerprint density at radius 2 is 1.71 bits per heavy atom. The second-order valence-corrected chi connectivity index (χ2v) is 8.93. The van der Waals surface area contributed by atoms with Gasteiger partial charge in [0.15, 0.2) is 9.84 Å². The minimum Gasteiger partial charge on any atom is -0.468 e. The molecule has 1 atom stereocenters. The first-order chi connectivity index (χ1) is 11.3. The van der Waals surface area contributed by atoms with E-state index in [0.717, 1.165) is 5.56 Å². The molecule has 0 fully saturated rings. The first kappa shape index (κ1) is 18.7. The summed E-state index contributed by atoms with van der Waals surface area (Å²) in [6.07, 6.45) is 1.35. The van der Waals surface area contributed by atoms with Crippen molar-refractivity contribution in [2.45, 2.75) is 24.0 Å². The van der Waals surface area contributed by atoms with E-state index in [2.05, 4.69) is 9.44 Å². The summed E-state index contributed by atoms with van der Waals surface area (Å²) in [5.41, 5.74) is 0.927. The predicted molar refractivity (Wildman–Crippen MR) is 90.4 cm³/mol. The molecule has 2 N–H and O–H groups in total. The van der Waals surface area contributed by atoms with Gasteiger partial charge in [-0.1, -0.05) is 24.6 Å². The first-order valence-electron chi connectivity index (χ1n) is 7.34. The molecule has 1 aromatic heterocycles. The molecule has 9 heteroatoms. The van der Waals surface area contributed by atoms with E-state index in [4.69, 9.17) is 4.42 Å². The summed E-state index contributed by atoms with van der Waals surface area (Å²) in [5, 5.41) is -1.16. The van der Waals surface area contributed by atoms with Crippen molar-refractivity contribution in [3.63, 3.8) is 0 Å². The van der Waals surface area contributed by atoms with Crippen LogP contribution < -0.4 is 9.44 Å². The summed E-state index contributed by atoms with van der Waals surface area (Å²) in [6, 6.07) is 9.45. The van der Waals surface area contributed by atoms with Gasteiger partial charge in [0.1, 0.15) is 11.0 Å². The van der Waals surface area contributed by atoms with Crippen LogP contribution in [-0.4, -0.2) is 29.9 Å². The number of hydrogen-bond donors (Lipinski definition) is 2. The highest BCUT2D eigenvalue weighted by atomic mass is 32.2. The molecule has 132 valence electrons. The topological polar surface area (TPSA) is 105 Å². The summed E-state index contributed by atoms with van der Waals surface area (Å²) < 4.78 is 59.1. The molecule has 0 aliphatic heterocycles. The van der Waals surface area contributed by atoms with Crippen molar-refractivity contribution in [2.75, 3.05) is 13.1 Å². The Balaban J connectivity index is 2.35. The maximum Gasteiger partial charge on any atom is 0.276 e. The maximum absolute atomic E-state index is 12.9. The van der Waals surface area contributed by atoms with E-state index < -0.39 is 25.3 Å². The van der Waals surface area contributed by atoms with Gasteiger partial charge >= 0.3 is 0 Å². The van der Waals surface area contributed by atoms with Crippen molar-refractivity contribution in [1.82, 2.24) is 9.44 Å². The van der Waals surface area contributed by atoms with Gasteiger partial charge in [0.05, 0.1) is 11.2 Å². The van der Waals surface area contributed by atoms with Crippen molar-refractivity contribution in [1.29, 1.82) is 0 Å². The van der Waals surface area contributed by atoms with Crippen LogP contribution >= 0.6 is 0 Å². The number of rotatable bonds is 8. The van der Waals surface area contributed by atoms with Crippen LogP contribution in [0, 0.1) is 6.92 Å². The summed E-state index contributed by atoms with van der Waals surface area (Å²) >= 11 is 0. The Bertz CT molecular complexity index is 857. The summed E-state index contributed by atoms with van der Waals surface area (Å²) in [4.78, 5) is 0.108. The van der Waals surface area contributed by atoms with Gasteiger partial charge in [0.2, 0.25) is 0 Å². The Morgan fingerprint density at radius 3 is 2.25 bits per heavy atom. The minimum atomic E-state index is -3.83. The SMILES string of the molecule is CCNS(=O)(=O)NCC(c1ccco1)S(=O)(=O)c1ccc(C)cc1. The number of benzene rings is 1. The summed E-state index contributed by atoms with van der Waals surface area (Å²) in [5.74, 6) is 0.176. The van der Waals surface area contributed by atoms with Crippen molar-refractivity contribution in [2.24, 2.45) is 0 Å². The van der Waals surface area contributed by atoms with Crippen LogP contribution in [0.4, 0.5) is 0 Å². The molecule has 1 aromatic carbocycles. The number of sulfone groups is 1. The average Bonchev–Trinajstić information content (AvgIpc) is 3.01. The molecule has 1 unspecified atom stereocenters. The first-order valence-corrected chi connectivity index (χ1v) is 10.4. The zero-order chi connectivity index (χ0) is 17.8. The normalized spacial score (nSPS) is 13.8. The third kappa shape index (κ3) is 4.44. The van der Waals surface area contributed by atoms with E-state index in [9.17, 15) is 16.8 Å². The second-order valence-electron chi connectivity index (χ2n) is 5.21. The van der Waals surface area contributed by atoms with Gasteiger partial charge in [0, 0.05) is 13.1 Å².